The highest BCUT2D eigenvalue weighted by Gasteiger charge is 2.27. The van der Waals surface area contributed by atoms with Gasteiger partial charge in [0.25, 0.3) is 0 Å². The average molecular weight is 354 g/mol. The van der Waals surface area contributed by atoms with Crippen molar-refractivity contribution in [2.24, 2.45) is 0 Å². The van der Waals surface area contributed by atoms with Gasteiger partial charge in [-0.15, -0.1) is 0 Å². The Labute approximate surface area is 164 Å². The van der Waals surface area contributed by atoms with Gasteiger partial charge in [0.1, 0.15) is 0 Å². The smallest absolute Gasteiger partial charge is 0.00130 e. The van der Waals surface area contributed by atoms with Crippen LogP contribution in [0.4, 0.5) is 0 Å². The van der Waals surface area contributed by atoms with E-state index in [2.05, 4.69) is 84.9 Å². The van der Waals surface area contributed by atoms with E-state index in [-0.39, 0.29) is 0 Å². The third-order valence-electron chi connectivity index (χ3n) is 6.66. The molecule has 0 saturated carbocycles. The fourth-order valence-corrected chi connectivity index (χ4v) is 5.42. The Morgan fingerprint density at radius 2 is 0.893 bits per heavy atom. The zero-order valence-electron chi connectivity index (χ0n) is 15.5. The molecule has 5 aromatic rings. The molecule has 0 aromatic heterocycles. The van der Waals surface area contributed by atoms with Gasteiger partial charge in [0.2, 0.25) is 0 Å². The predicted octanol–water partition coefficient (Wildman–Crippen LogP) is 7.14. The number of rotatable bonds is 0. The van der Waals surface area contributed by atoms with E-state index in [1.807, 2.05) is 0 Å². The van der Waals surface area contributed by atoms with Gasteiger partial charge in [-0.25, -0.2) is 0 Å². The Morgan fingerprint density at radius 1 is 0.429 bits per heavy atom. The second kappa shape index (κ2) is 5.11. The van der Waals surface area contributed by atoms with Crippen molar-refractivity contribution in [1.82, 2.24) is 0 Å². The van der Waals surface area contributed by atoms with E-state index >= 15 is 0 Å². The molecule has 7 rings (SSSR count). The standard InChI is InChI=1S/C28H18/c1-3-7-23-17(5-1)9-11-19-13-21-16-26-22(15-25(21)27(19)23)14-20-12-10-18-6-2-4-8-24(18)28(20)26/h1-12,15-16H,13-14H2. The monoisotopic (exact) mass is 354 g/mol. The lowest BCUT2D eigenvalue weighted by Crippen LogP contribution is -1.86. The third kappa shape index (κ3) is 1.80. The van der Waals surface area contributed by atoms with Crippen LogP contribution in [0.2, 0.25) is 0 Å². The van der Waals surface area contributed by atoms with Gasteiger partial charge in [-0.3, -0.25) is 0 Å². The lowest BCUT2D eigenvalue weighted by Gasteiger charge is -2.10. The molecule has 0 N–H and O–H groups in total. The van der Waals surface area contributed by atoms with Crippen LogP contribution >= 0.6 is 0 Å². The van der Waals surface area contributed by atoms with Crippen molar-refractivity contribution in [2.75, 3.05) is 0 Å². The van der Waals surface area contributed by atoms with Crippen molar-refractivity contribution in [3.05, 3.63) is 107 Å². The summed E-state index contributed by atoms with van der Waals surface area (Å²) in [6.07, 6.45) is 2.09. The lowest BCUT2D eigenvalue weighted by atomic mass is 9.94. The van der Waals surface area contributed by atoms with Gasteiger partial charge in [-0.1, -0.05) is 72.8 Å². The van der Waals surface area contributed by atoms with Crippen molar-refractivity contribution in [3.63, 3.8) is 0 Å². The van der Waals surface area contributed by atoms with E-state index in [4.69, 9.17) is 0 Å². The van der Waals surface area contributed by atoms with Gasteiger partial charge in [0.15, 0.2) is 0 Å². The third-order valence-corrected chi connectivity index (χ3v) is 6.66. The van der Waals surface area contributed by atoms with Gasteiger partial charge in [0, 0.05) is 0 Å². The molecule has 0 saturated heterocycles. The van der Waals surface area contributed by atoms with E-state index in [9.17, 15) is 0 Å². The summed E-state index contributed by atoms with van der Waals surface area (Å²) in [5.41, 5.74) is 11.7. The first-order valence-electron chi connectivity index (χ1n) is 10.0. The maximum Gasteiger partial charge on any atom is -0.00130 e. The van der Waals surface area contributed by atoms with E-state index in [1.54, 1.807) is 0 Å². The van der Waals surface area contributed by atoms with Crippen LogP contribution < -0.4 is 0 Å². The molecule has 0 heteroatoms. The van der Waals surface area contributed by atoms with Crippen molar-refractivity contribution < 1.29 is 0 Å². The molecule has 0 nitrogen and oxygen atoms in total. The molecule has 0 unspecified atom stereocenters. The number of benzene rings is 5. The molecule has 0 fully saturated rings. The SMILES string of the molecule is c1ccc2c3c(ccc2c1)Cc1cc2c(cc1-3)Cc1ccc3ccccc3c1-2. The second-order valence-electron chi connectivity index (χ2n) is 8.16. The van der Waals surface area contributed by atoms with Gasteiger partial charge in [-0.05, 0) is 91.0 Å². The van der Waals surface area contributed by atoms with Gasteiger partial charge < -0.3 is 0 Å². The highest BCUT2D eigenvalue weighted by Crippen LogP contribution is 2.48. The Kier molecular flexibility index (Phi) is 2.67. The molecule has 0 bridgehead atoms. The van der Waals surface area contributed by atoms with Gasteiger partial charge in [0.05, 0.1) is 0 Å². The molecule has 5 aromatic carbocycles. The topological polar surface area (TPSA) is 0 Å². The van der Waals surface area contributed by atoms with Crippen molar-refractivity contribution in [3.8, 4) is 22.3 Å². The highest BCUT2D eigenvalue weighted by atomic mass is 14.3. The van der Waals surface area contributed by atoms with Crippen LogP contribution in [0.25, 0.3) is 43.8 Å². The Hall–Kier alpha value is -3.38. The summed E-state index contributed by atoms with van der Waals surface area (Å²) in [5.74, 6) is 0. The molecule has 0 atom stereocenters. The van der Waals surface area contributed by atoms with Gasteiger partial charge >= 0.3 is 0 Å². The zero-order chi connectivity index (χ0) is 18.2. The van der Waals surface area contributed by atoms with Crippen molar-refractivity contribution >= 4 is 21.5 Å². The maximum atomic E-state index is 2.48. The first kappa shape index (κ1) is 14.6. The van der Waals surface area contributed by atoms with Crippen LogP contribution in [0.1, 0.15) is 22.3 Å². The molecule has 0 aliphatic heterocycles. The summed E-state index contributed by atoms with van der Waals surface area (Å²) in [7, 11) is 0. The molecule has 2 aliphatic rings. The van der Waals surface area contributed by atoms with Gasteiger partial charge in [-0.2, -0.15) is 0 Å². The minimum atomic E-state index is 1.04. The summed E-state index contributed by atoms with van der Waals surface area (Å²) in [5, 5.41) is 5.45. The molecular weight excluding hydrogens is 336 g/mol. The molecule has 28 heavy (non-hydrogen) atoms. The molecular formula is C28H18. The molecule has 130 valence electrons. The van der Waals surface area contributed by atoms with Crippen LogP contribution in [-0.2, 0) is 12.8 Å². The van der Waals surface area contributed by atoms with E-state index in [0.29, 0.717) is 0 Å². The number of fused-ring (bicyclic) bond motifs is 10. The number of hydrogen-bond donors (Lipinski definition) is 0. The minimum absolute atomic E-state index is 1.04. The molecule has 0 spiro atoms. The summed E-state index contributed by atoms with van der Waals surface area (Å²) in [6.45, 7) is 0. The van der Waals surface area contributed by atoms with E-state index in [0.717, 1.165) is 12.8 Å². The Balaban J connectivity index is 1.52. The number of hydrogen-bond acceptors (Lipinski definition) is 0. The first-order chi connectivity index (χ1) is 13.9. The average Bonchev–Trinajstić information content (AvgIpc) is 3.29. The van der Waals surface area contributed by atoms with Crippen LogP contribution in [0.5, 0.6) is 0 Å². The summed E-state index contributed by atoms with van der Waals surface area (Å²) in [4.78, 5) is 0. The lowest BCUT2D eigenvalue weighted by molar-refractivity contribution is 1.24. The molecule has 2 aliphatic carbocycles. The maximum absolute atomic E-state index is 2.48. The fraction of sp³-hybridized carbons (Fsp3) is 0.0714. The Morgan fingerprint density at radius 3 is 1.39 bits per heavy atom. The molecule has 0 amide bonds. The second-order valence-corrected chi connectivity index (χ2v) is 8.16. The molecule has 0 heterocycles. The predicted molar refractivity (Wildman–Crippen MR) is 118 cm³/mol. The summed E-state index contributed by atoms with van der Waals surface area (Å²) < 4.78 is 0. The summed E-state index contributed by atoms with van der Waals surface area (Å²) in [6, 6.07) is 31.8. The highest BCUT2D eigenvalue weighted by molar-refractivity contribution is 6.05. The van der Waals surface area contributed by atoms with Crippen molar-refractivity contribution in [2.45, 2.75) is 12.8 Å². The fourth-order valence-electron chi connectivity index (χ4n) is 5.42. The minimum Gasteiger partial charge on any atom is -0.0616 e. The quantitative estimate of drug-likeness (QED) is 0.272. The normalized spacial score (nSPS) is 13.4. The Bertz CT molecular complexity index is 1340. The van der Waals surface area contributed by atoms with Crippen LogP contribution in [0, 0.1) is 0 Å². The first-order valence-corrected chi connectivity index (χ1v) is 10.0. The largest absolute Gasteiger partial charge is 0.0616 e. The van der Waals surface area contributed by atoms with Crippen LogP contribution in [-0.4, -0.2) is 0 Å². The van der Waals surface area contributed by atoms with E-state index in [1.165, 1.54) is 66.1 Å². The van der Waals surface area contributed by atoms with Crippen molar-refractivity contribution in [1.29, 1.82) is 0 Å². The summed E-state index contributed by atoms with van der Waals surface area (Å²) >= 11 is 0. The van der Waals surface area contributed by atoms with Crippen LogP contribution in [0.3, 0.4) is 0 Å². The zero-order valence-corrected chi connectivity index (χ0v) is 15.5. The molecule has 0 radical (unpaired) electrons. The van der Waals surface area contributed by atoms with E-state index < -0.39 is 0 Å². The van der Waals surface area contributed by atoms with Crippen LogP contribution in [0.15, 0.2) is 84.9 Å².